The predicted molar refractivity (Wildman–Crippen MR) is 64.7 cm³/mol. The highest BCUT2D eigenvalue weighted by atomic mass is 32.2. The van der Waals surface area contributed by atoms with E-state index in [4.69, 9.17) is 0 Å². The molecule has 2 aliphatic carbocycles. The number of nitrogens with zero attached hydrogens (tertiary/aromatic N) is 1. The van der Waals surface area contributed by atoms with Crippen molar-refractivity contribution in [1.82, 2.24) is 9.62 Å². The van der Waals surface area contributed by atoms with Gasteiger partial charge in [0.1, 0.15) is 0 Å². The Hall–Kier alpha value is -0.130. The van der Waals surface area contributed by atoms with Gasteiger partial charge in [0.05, 0.1) is 5.75 Å². The van der Waals surface area contributed by atoms with Crippen molar-refractivity contribution in [2.45, 2.75) is 25.7 Å². The first-order valence-electron chi connectivity index (χ1n) is 6.24. The molecule has 0 saturated heterocycles. The molecule has 5 heteroatoms. The van der Waals surface area contributed by atoms with Crippen LogP contribution in [-0.2, 0) is 10.0 Å². The third kappa shape index (κ3) is 3.71. The van der Waals surface area contributed by atoms with Gasteiger partial charge in [-0.25, -0.2) is 12.7 Å². The van der Waals surface area contributed by atoms with E-state index in [0.717, 1.165) is 13.1 Å². The summed E-state index contributed by atoms with van der Waals surface area (Å²) in [4.78, 5) is 0. The van der Waals surface area contributed by atoms with Crippen molar-refractivity contribution < 1.29 is 8.42 Å². The molecule has 0 amide bonds. The minimum absolute atomic E-state index is 0.239. The Morgan fingerprint density at radius 1 is 1.12 bits per heavy atom. The van der Waals surface area contributed by atoms with Gasteiger partial charge in [-0.15, -0.1) is 0 Å². The first-order valence-corrected chi connectivity index (χ1v) is 7.85. The molecule has 2 saturated carbocycles. The van der Waals surface area contributed by atoms with E-state index in [1.54, 1.807) is 11.4 Å². The quantitative estimate of drug-likeness (QED) is 0.684. The number of rotatable bonds is 8. The lowest BCUT2D eigenvalue weighted by molar-refractivity contribution is 0.382. The Kier molecular flexibility index (Phi) is 3.87. The van der Waals surface area contributed by atoms with Crippen molar-refractivity contribution in [2.24, 2.45) is 11.8 Å². The first kappa shape index (κ1) is 12.3. The Morgan fingerprint density at radius 3 is 2.00 bits per heavy atom. The van der Waals surface area contributed by atoms with Gasteiger partial charge in [0.25, 0.3) is 0 Å². The van der Waals surface area contributed by atoms with Crippen LogP contribution in [0.1, 0.15) is 25.7 Å². The molecule has 0 aromatic rings. The molecule has 0 heterocycles. The van der Waals surface area contributed by atoms with Gasteiger partial charge >= 0.3 is 0 Å². The summed E-state index contributed by atoms with van der Waals surface area (Å²) in [5.41, 5.74) is 0. The van der Waals surface area contributed by atoms with Crippen LogP contribution >= 0.6 is 0 Å². The highest BCUT2D eigenvalue weighted by Crippen LogP contribution is 2.34. The fourth-order valence-corrected chi connectivity index (χ4v) is 3.43. The molecular formula is C11H22N2O2S. The van der Waals surface area contributed by atoms with Gasteiger partial charge in [0.15, 0.2) is 0 Å². The fraction of sp³-hybridized carbons (Fsp3) is 1.00. The van der Waals surface area contributed by atoms with E-state index >= 15 is 0 Å². The molecule has 0 aromatic carbocycles. The van der Waals surface area contributed by atoms with E-state index in [0.29, 0.717) is 18.4 Å². The Labute approximate surface area is 98.4 Å². The van der Waals surface area contributed by atoms with Crippen molar-refractivity contribution in [2.75, 3.05) is 32.4 Å². The van der Waals surface area contributed by atoms with Gasteiger partial charge in [-0.2, -0.15) is 0 Å². The SMILES string of the molecule is CNCCS(=O)(=O)N(CC1CC1)CC1CC1. The second-order valence-corrected chi connectivity index (χ2v) is 7.21. The van der Waals surface area contributed by atoms with Gasteiger partial charge in [-0.05, 0) is 44.6 Å². The van der Waals surface area contributed by atoms with Crippen LogP contribution in [0.4, 0.5) is 0 Å². The highest BCUT2D eigenvalue weighted by Gasteiger charge is 2.34. The summed E-state index contributed by atoms with van der Waals surface area (Å²) in [5, 5.41) is 2.91. The lowest BCUT2D eigenvalue weighted by Crippen LogP contribution is -2.38. The molecule has 0 atom stereocenters. The van der Waals surface area contributed by atoms with Gasteiger partial charge < -0.3 is 5.32 Å². The van der Waals surface area contributed by atoms with Crippen molar-refractivity contribution in [3.05, 3.63) is 0 Å². The second-order valence-electron chi connectivity index (χ2n) is 5.12. The van der Waals surface area contributed by atoms with E-state index in [9.17, 15) is 8.42 Å². The van der Waals surface area contributed by atoms with Gasteiger partial charge in [0.2, 0.25) is 10.0 Å². The molecular weight excluding hydrogens is 224 g/mol. The average Bonchev–Trinajstić information content (AvgIpc) is 3.07. The molecule has 16 heavy (non-hydrogen) atoms. The van der Waals surface area contributed by atoms with E-state index in [2.05, 4.69) is 5.32 Å². The van der Waals surface area contributed by atoms with E-state index in [-0.39, 0.29) is 5.75 Å². The average molecular weight is 246 g/mol. The zero-order valence-electron chi connectivity index (χ0n) is 9.98. The molecule has 2 rings (SSSR count). The monoisotopic (exact) mass is 246 g/mol. The van der Waals surface area contributed by atoms with Crippen LogP contribution in [0.15, 0.2) is 0 Å². The highest BCUT2D eigenvalue weighted by molar-refractivity contribution is 7.89. The number of sulfonamides is 1. The molecule has 0 aliphatic heterocycles. The Morgan fingerprint density at radius 2 is 1.62 bits per heavy atom. The van der Waals surface area contributed by atoms with Crippen LogP contribution in [0.3, 0.4) is 0 Å². The van der Waals surface area contributed by atoms with Crippen LogP contribution in [0.25, 0.3) is 0 Å². The van der Waals surface area contributed by atoms with E-state index in [1.165, 1.54) is 25.7 Å². The molecule has 1 N–H and O–H groups in total. The first-order chi connectivity index (χ1) is 7.62. The maximum Gasteiger partial charge on any atom is 0.215 e. The maximum absolute atomic E-state index is 12.1. The molecule has 2 fully saturated rings. The number of hydrogen-bond acceptors (Lipinski definition) is 3. The largest absolute Gasteiger partial charge is 0.319 e. The lowest BCUT2D eigenvalue weighted by Gasteiger charge is -2.21. The van der Waals surface area contributed by atoms with Gasteiger partial charge in [-0.1, -0.05) is 0 Å². The fourth-order valence-electron chi connectivity index (χ4n) is 1.84. The van der Waals surface area contributed by atoms with Crippen molar-refractivity contribution in [3.63, 3.8) is 0 Å². The third-order valence-electron chi connectivity index (χ3n) is 3.32. The lowest BCUT2D eigenvalue weighted by atomic mass is 10.4. The van der Waals surface area contributed by atoms with Crippen LogP contribution in [0.2, 0.25) is 0 Å². The summed E-state index contributed by atoms with van der Waals surface area (Å²) in [7, 11) is -1.23. The summed E-state index contributed by atoms with van der Waals surface area (Å²) in [5.74, 6) is 1.52. The molecule has 0 unspecified atom stereocenters. The summed E-state index contributed by atoms with van der Waals surface area (Å²) in [6, 6.07) is 0. The van der Waals surface area contributed by atoms with Crippen LogP contribution in [0.5, 0.6) is 0 Å². The third-order valence-corrected chi connectivity index (χ3v) is 5.13. The molecule has 2 aliphatic rings. The normalized spacial score (nSPS) is 21.6. The van der Waals surface area contributed by atoms with Crippen LogP contribution in [0, 0.1) is 11.8 Å². The summed E-state index contributed by atoms with van der Waals surface area (Å²) < 4.78 is 26.0. The van der Waals surface area contributed by atoms with Gasteiger partial charge in [0, 0.05) is 19.6 Å². The minimum Gasteiger partial charge on any atom is -0.319 e. The molecule has 0 spiro atoms. The zero-order valence-corrected chi connectivity index (χ0v) is 10.8. The summed E-state index contributed by atoms with van der Waals surface area (Å²) in [6.07, 6.45) is 4.84. The Balaban J connectivity index is 1.91. The molecule has 0 radical (unpaired) electrons. The smallest absolute Gasteiger partial charge is 0.215 e. The zero-order chi connectivity index (χ0) is 11.6. The number of nitrogens with one attached hydrogen (secondary N) is 1. The standard InChI is InChI=1S/C11H22N2O2S/c1-12-6-7-16(14,15)13(8-10-2-3-10)9-11-4-5-11/h10-12H,2-9H2,1H3. The second kappa shape index (κ2) is 5.02. The van der Waals surface area contributed by atoms with Crippen LogP contribution in [-0.4, -0.2) is 45.2 Å². The minimum atomic E-state index is -3.02. The topological polar surface area (TPSA) is 49.4 Å². The molecule has 4 nitrogen and oxygen atoms in total. The molecule has 0 aromatic heterocycles. The van der Waals surface area contributed by atoms with Gasteiger partial charge in [-0.3, -0.25) is 0 Å². The summed E-state index contributed by atoms with van der Waals surface area (Å²) >= 11 is 0. The molecule has 0 bridgehead atoms. The predicted octanol–water partition coefficient (Wildman–Crippen LogP) is 0.658. The van der Waals surface area contributed by atoms with Crippen molar-refractivity contribution in [1.29, 1.82) is 0 Å². The number of hydrogen-bond donors (Lipinski definition) is 1. The Bertz CT molecular complexity index is 307. The maximum atomic E-state index is 12.1. The summed E-state index contributed by atoms with van der Waals surface area (Å²) in [6.45, 7) is 2.08. The molecule has 94 valence electrons. The van der Waals surface area contributed by atoms with E-state index < -0.39 is 10.0 Å². The van der Waals surface area contributed by atoms with Crippen LogP contribution < -0.4 is 5.32 Å². The van der Waals surface area contributed by atoms with Crippen molar-refractivity contribution >= 4 is 10.0 Å². The van der Waals surface area contributed by atoms with Crippen molar-refractivity contribution in [3.8, 4) is 0 Å². The van der Waals surface area contributed by atoms with E-state index in [1.807, 2.05) is 0 Å².